The molecule has 0 aliphatic carbocycles. The third-order valence-electron chi connectivity index (χ3n) is 4.24. The summed E-state index contributed by atoms with van der Waals surface area (Å²) in [7, 11) is 0. The van der Waals surface area contributed by atoms with Crippen molar-refractivity contribution >= 4 is 17.7 Å². The van der Waals surface area contributed by atoms with Crippen LogP contribution in [-0.2, 0) is 11.3 Å². The van der Waals surface area contributed by atoms with E-state index in [0.29, 0.717) is 5.75 Å². The standard InChI is InChI=1S/C19H23N3OS/c1-16-4-6-18(7-5-16)24-15-19(23)22-11-9-21(10-12-22)14-17-3-2-8-20-13-17/h2-8,13H,9-12,14-15H2,1H3. The Kier molecular flexibility index (Phi) is 5.88. The van der Waals surface area contributed by atoms with E-state index in [-0.39, 0.29) is 5.91 Å². The lowest BCUT2D eigenvalue weighted by Crippen LogP contribution is -2.48. The summed E-state index contributed by atoms with van der Waals surface area (Å²) in [6, 6.07) is 12.4. The van der Waals surface area contributed by atoms with Gasteiger partial charge in [-0.3, -0.25) is 14.7 Å². The maximum absolute atomic E-state index is 12.4. The number of piperazine rings is 1. The van der Waals surface area contributed by atoms with Crippen LogP contribution in [0.25, 0.3) is 0 Å². The summed E-state index contributed by atoms with van der Waals surface area (Å²) in [6.45, 7) is 6.46. The maximum Gasteiger partial charge on any atom is 0.233 e. The van der Waals surface area contributed by atoms with E-state index < -0.39 is 0 Å². The Morgan fingerprint density at radius 1 is 1.12 bits per heavy atom. The fourth-order valence-electron chi connectivity index (χ4n) is 2.78. The zero-order valence-electron chi connectivity index (χ0n) is 14.0. The molecule has 2 aromatic rings. The Morgan fingerprint density at radius 2 is 1.88 bits per heavy atom. The van der Waals surface area contributed by atoms with E-state index in [2.05, 4.69) is 47.1 Å². The van der Waals surface area contributed by atoms with Crippen molar-refractivity contribution in [3.05, 3.63) is 59.9 Å². The normalized spacial score (nSPS) is 15.5. The van der Waals surface area contributed by atoms with E-state index in [1.165, 1.54) is 11.1 Å². The predicted molar refractivity (Wildman–Crippen MR) is 98.0 cm³/mol. The SMILES string of the molecule is Cc1ccc(SCC(=O)N2CCN(Cc3cccnc3)CC2)cc1. The van der Waals surface area contributed by atoms with Gasteiger partial charge in [-0.05, 0) is 30.7 Å². The molecule has 1 fully saturated rings. The molecule has 1 aromatic heterocycles. The van der Waals surface area contributed by atoms with Crippen LogP contribution < -0.4 is 0 Å². The molecule has 0 bridgehead atoms. The number of benzene rings is 1. The van der Waals surface area contributed by atoms with Gasteiger partial charge in [0.05, 0.1) is 5.75 Å². The Morgan fingerprint density at radius 3 is 2.54 bits per heavy atom. The Labute approximate surface area is 147 Å². The van der Waals surface area contributed by atoms with Gasteiger partial charge in [0.1, 0.15) is 0 Å². The van der Waals surface area contributed by atoms with Crippen molar-refractivity contribution in [2.24, 2.45) is 0 Å². The first-order valence-corrected chi connectivity index (χ1v) is 9.28. The predicted octanol–water partition coefficient (Wildman–Crippen LogP) is 2.83. The van der Waals surface area contributed by atoms with E-state index in [4.69, 9.17) is 0 Å². The lowest BCUT2D eigenvalue weighted by molar-refractivity contribution is -0.130. The number of thioether (sulfide) groups is 1. The van der Waals surface area contributed by atoms with Gasteiger partial charge in [0.25, 0.3) is 0 Å². The zero-order chi connectivity index (χ0) is 16.8. The fraction of sp³-hybridized carbons (Fsp3) is 0.368. The molecule has 0 atom stereocenters. The van der Waals surface area contributed by atoms with Crippen molar-refractivity contribution in [1.82, 2.24) is 14.8 Å². The summed E-state index contributed by atoms with van der Waals surface area (Å²) in [6.07, 6.45) is 3.71. The molecule has 2 heterocycles. The summed E-state index contributed by atoms with van der Waals surface area (Å²) in [5.41, 5.74) is 2.47. The molecule has 126 valence electrons. The quantitative estimate of drug-likeness (QED) is 0.784. The Bertz CT molecular complexity index is 652. The van der Waals surface area contributed by atoms with Gasteiger partial charge in [-0.15, -0.1) is 11.8 Å². The Balaban J connectivity index is 1.42. The largest absolute Gasteiger partial charge is 0.339 e. The molecule has 5 heteroatoms. The van der Waals surface area contributed by atoms with Crippen molar-refractivity contribution in [3.63, 3.8) is 0 Å². The summed E-state index contributed by atoms with van der Waals surface area (Å²) >= 11 is 1.62. The number of hydrogen-bond acceptors (Lipinski definition) is 4. The summed E-state index contributed by atoms with van der Waals surface area (Å²) in [5, 5.41) is 0. The highest BCUT2D eigenvalue weighted by atomic mass is 32.2. The molecule has 1 aliphatic heterocycles. The number of nitrogens with zero attached hydrogens (tertiary/aromatic N) is 3. The molecule has 1 saturated heterocycles. The molecule has 1 aliphatic rings. The average molecular weight is 341 g/mol. The lowest BCUT2D eigenvalue weighted by atomic mass is 10.2. The molecule has 0 radical (unpaired) electrons. The van der Waals surface area contributed by atoms with Gasteiger partial charge in [0.2, 0.25) is 5.91 Å². The van der Waals surface area contributed by atoms with Gasteiger partial charge in [-0.25, -0.2) is 0 Å². The number of carbonyl (C=O) groups excluding carboxylic acids is 1. The van der Waals surface area contributed by atoms with Crippen LogP contribution >= 0.6 is 11.8 Å². The number of hydrogen-bond donors (Lipinski definition) is 0. The Hall–Kier alpha value is -1.85. The van der Waals surface area contributed by atoms with Crippen LogP contribution in [0.4, 0.5) is 0 Å². The van der Waals surface area contributed by atoms with Crippen molar-refractivity contribution in [2.45, 2.75) is 18.4 Å². The molecular formula is C19H23N3OS. The van der Waals surface area contributed by atoms with E-state index in [0.717, 1.165) is 37.6 Å². The molecule has 0 saturated carbocycles. The first kappa shape index (κ1) is 17.0. The van der Waals surface area contributed by atoms with Crippen molar-refractivity contribution in [1.29, 1.82) is 0 Å². The summed E-state index contributed by atoms with van der Waals surface area (Å²) in [4.78, 5) is 22.1. The number of amides is 1. The lowest BCUT2D eigenvalue weighted by Gasteiger charge is -2.34. The topological polar surface area (TPSA) is 36.4 Å². The fourth-order valence-corrected chi connectivity index (χ4v) is 3.58. The van der Waals surface area contributed by atoms with Crippen LogP contribution in [0.15, 0.2) is 53.7 Å². The van der Waals surface area contributed by atoms with Crippen LogP contribution in [0.2, 0.25) is 0 Å². The van der Waals surface area contributed by atoms with Gasteiger partial charge >= 0.3 is 0 Å². The van der Waals surface area contributed by atoms with Crippen LogP contribution in [0, 0.1) is 6.92 Å². The average Bonchev–Trinajstić information content (AvgIpc) is 2.62. The van der Waals surface area contributed by atoms with Gasteiger partial charge in [0, 0.05) is 50.0 Å². The van der Waals surface area contributed by atoms with Crippen molar-refractivity contribution < 1.29 is 4.79 Å². The molecule has 3 rings (SSSR count). The van der Waals surface area contributed by atoms with Crippen LogP contribution in [0.5, 0.6) is 0 Å². The van der Waals surface area contributed by atoms with Crippen molar-refractivity contribution in [3.8, 4) is 0 Å². The van der Waals surface area contributed by atoms with Gasteiger partial charge in [0.15, 0.2) is 0 Å². The molecule has 0 N–H and O–H groups in total. The van der Waals surface area contributed by atoms with Gasteiger partial charge in [-0.1, -0.05) is 23.8 Å². The third-order valence-corrected chi connectivity index (χ3v) is 5.23. The molecule has 4 nitrogen and oxygen atoms in total. The first-order valence-electron chi connectivity index (χ1n) is 8.29. The first-order chi connectivity index (χ1) is 11.7. The van der Waals surface area contributed by atoms with Gasteiger partial charge in [-0.2, -0.15) is 0 Å². The highest BCUT2D eigenvalue weighted by Gasteiger charge is 2.21. The third kappa shape index (κ3) is 4.82. The second kappa shape index (κ2) is 8.31. The second-order valence-corrected chi connectivity index (χ2v) is 7.17. The zero-order valence-corrected chi connectivity index (χ0v) is 14.8. The molecule has 1 amide bonds. The summed E-state index contributed by atoms with van der Waals surface area (Å²) < 4.78 is 0. The van der Waals surface area contributed by atoms with Crippen LogP contribution in [0.3, 0.4) is 0 Å². The minimum Gasteiger partial charge on any atom is -0.339 e. The maximum atomic E-state index is 12.4. The minimum atomic E-state index is 0.238. The molecular weight excluding hydrogens is 318 g/mol. The number of pyridine rings is 1. The number of aryl methyl sites for hydroxylation is 1. The molecule has 24 heavy (non-hydrogen) atoms. The number of rotatable bonds is 5. The van der Waals surface area contributed by atoms with E-state index in [1.54, 1.807) is 18.0 Å². The monoisotopic (exact) mass is 341 g/mol. The van der Waals surface area contributed by atoms with Crippen molar-refractivity contribution in [2.75, 3.05) is 31.9 Å². The number of carbonyl (C=O) groups is 1. The van der Waals surface area contributed by atoms with E-state index >= 15 is 0 Å². The highest BCUT2D eigenvalue weighted by Crippen LogP contribution is 2.19. The highest BCUT2D eigenvalue weighted by molar-refractivity contribution is 8.00. The summed E-state index contributed by atoms with van der Waals surface area (Å²) in [5.74, 6) is 0.757. The molecule has 1 aromatic carbocycles. The number of aromatic nitrogens is 1. The van der Waals surface area contributed by atoms with E-state index in [1.807, 2.05) is 17.2 Å². The van der Waals surface area contributed by atoms with Crippen LogP contribution in [-0.4, -0.2) is 52.6 Å². The molecule has 0 unspecified atom stereocenters. The van der Waals surface area contributed by atoms with E-state index in [9.17, 15) is 4.79 Å². The van der Waals surface area contributed by atoms with Gasteiger partial charge < -0.3 is 4.90 Å². The smallest absolute Gasteiger partial charge is 0.233 e. The van der Waals surface area contributed by atoms with Crippen LogP contribution in [0.1, 0.15) is 11.1 Å². The second-order valence-electron chi connectivity index (χ2n) is 6.12. The minimum absolute atomic E-state index is 0.238. The molecule has 0 spiro atoms.